The zero-order valence-electron chi connectivity index (χ0n) is 11.4. The summed E-state index contributed by atoms with van der Waals surface area (Å²) >= 11 is 0. The molecule has 0 spiro atoms. The molecular formula is C16H20O2. The van der Waals surface area contributed by atoms with E-state index in [1.54, 1.807) is 14.2 Å². The van der Waals surface area contributed by atoms with Crippen molar-refractivity contribution in [3.05, 3.63) is 59.7 Å². The van der Waals surface area contributed by atoms with Gasteiger partial charge in [0.05, 0.1) is 14.2 Å². The number of hydrogen-bond donors (Lipinski definition) is 0. The molecule has 0 fully saturated rings. The van der Waals surface area contributed by atoms with Gasteiger partial charge in [0.1, 0.15) is 11.5 Å². The summed E-state index contributed by atoms with van der Waals surface area (Å²) in [5, 5.41) is 0. The Labute approximate surface area is 109 Å². The Bertz CT molecular complexity index is 464. The Balaban J connectivity index is 0.000000199. The molecule has 2 rings (SSSR count). The number of benzene rings is 2. The van der Waals surface area contributed by atoms with Gasteiger partial charge >= 0.3 is 0 Å². The summed E-state index contributed by atoms with van der Waals surface area (Å²) in [6, 6.07) is 16.0. The fraction of sp³-hybridized carbons (Fsp3) is 0.250. The van der Waals surface area contributed by atoms with Gasteiger partial charge in [-0.1, -0.05) is 42.0 Å². The van der Waals surface area contributed by atoms with Crippen LogP contribution in [0.15, 0.2) is 48.5 Å². The van der Waals surface area contributed by atoms with E-state index in [2.05, 4.69) is 19.1 Å². The van der Waals surface area contributed by atoms with Crippen molar-refractivity contribution in [3.63, 3.8) is 0 Å². The van der Waals surface area contributed by atoms with E-state index in [4.69, 9.17) is 9.47 Å². The van der Waals surface area contributed by atoms with E-state index in [-0.39, 0.29) is 0 Å². The van der Waals surface area contributed by atoms with E-state index in [1.165, 1.54) is 5.56 Å². The molecule has 2 aromatic rings. The SMILES string of the molecule is COc1ccc(C)c(OC)c1.Cc1ccccc1. The van der Waals surface area contributed by atoms with Crippen LogP contribution in [0.2, 0.25) is 0 Å². The van der Waals surface area contributed by atoms with Gasteiger partial charge in [0.2, 0.25) is 0 Å². The summed E-state index contributed by atoms with van der Waals surface area (Å²) in [5.74, 6) is 1.69. The Hall–Kier alpha value is -1.96. The van der Waals surface area contributed by atoms with Gasteiger partial charge in [-0.3, -0.25) is 0 Å². The highest BCUT2D eigenvalue weighted by molar-refractivity contribution is 5.39. The largest absolute Gasteiger partial charge is 0.497 e. The Morgan fingerprint density at radius 2 is 1.44 bits per heavy atom. The number of aryl methyl sites for hydroxylation is 2. The average molecular weight is 244 g/mol. The molecule has 0 bridgehead atoms. The minimum Gasteiger partial charge on any atom is -0.497 e. The fourth-order valence-electron chi connectivity index (χ4n) is 1.46. The summed E-state index contributed by atoms with van der Waals surface area (Å²) in [6.07, 6.45) is 0. The van der Waals surface area contributed by atoms with Gasteiger partial charge in [0.15, 0.2) is 0 Å². The molecule has 0 aliphatic rings. The van der Waals surface area contributed by atoms with Crippen molar-refractivity contribution in [2.75, 3.05) is 14.2 Å². The van der Waals surface area contributed by atoms with Crippen LogP contribution in [0.1, 0.15) is 11.1 Å². The van der Waals surface area contributed by atoms with Crippen molar-refractivity contribution < 1.29 is 9.47 Å². The van der Waals surface area contributed by atoms with Gasteiger partial charge in [0, 0.05) is 6.07 Å². The topological polar surface area (TPSA) is 18.5 Å². The van der Waals surface area contributed by atoms with Crippen LogP contribution in [-0.4, -0.2) is 14.2 Å². The van der Waals surface area contributed by atoms with E-state index in [0.29, 0.717) is 0 Å². The lowest BCUT2D eigenvalue weighted by Crippen LogP contribution is -1.88. The van der Waals surface area contributed by atoms with Gasteiger partial charge in [-0.15, -0.1) is 0 Å². The monoisotopic (exact) mass is 244 g/mol. The third kappa shape index (κ3) is 4.50. The predicted molar refractivity (Wildman–Crippen MR) is 75.5 cm³/mol. The minimum atomic E-state index is 0.826. The molecule has 2 heteroatoms. The van der Waals surface area contributed by atoms with Crippen LogP contribution >= 0.6 is 0 Å². The Morgan fingerprint density at radius 3 is 1.89 bits per heavy atom. The summed E-state index contributed by atoms with van der Waals surface area (Å²) in [6.45, 7) is 4.08. The van der Waals surface area contributed by atoms with Crippen LogP contribution in [0.25, 0.3) is 0 Å². The first-order valence-electron chi connectivity index (χ1n) is 5.87. The maximum atomic E-state index is 5.11. The van der Waals surface area contributed by atoms with Gasteiger partial charge in [0.25, 0.3) is 0 Å². The molecule has 0 saturated heterocycles. The first-order chi connectivity index (χ1) is 8.67. The summed E-state index contributed by atoms with van der Waals surface area (Å²) in [4.78, 5) is 0. The molecule has 0 saturated carbocycles. The molecule has 0 unspecified atom stereocenters. The summed E-state index contributed by atoms with van der Waals surface area (Å²) < 4.78 is 10.1. The first kappa shape index (κ1) is 14.1. The standard InChI is InChI=1S/C9H12O2.C7H8/c1-7-4-5-8(10-2)6-9(7)11-3;1-7-5-3-2-4-6-7/h4-6H,1-3H3;2-6H,1H3. The lowest BCUT2D eigenvalue weighted by molar-refractivity contribution is 0.392. The van der Waals surface area contributed by atoms with E-state index in [0.717, 1.165) is 17.1 Å². The second kappa shape index (κ2) is 7.38. The van der Waals surface area contributed by atoms with Crippen LogP contribution in [0.5, 0.6) is 11.5 Å². The molecule has 0 heterocycles. The molecule has 0 radical (unpaired) electrons. The highest BCUT2D eigenvalue weighted by Crippen LogP contribution is 2.22. The predicted octanol–water partition coefficient (Wildman–Crippen LogP) is 4.01. The molecule has 0 amide bonds. The summed E-state index contributed by atoms with van der Waals surface area (Å²) in [5.41, 5.74) is 2.44. The average Bonchev–Trinajstić information content (AvgIpc) is 2.41. The van der Waals surface area contributed by atoms with Crippen LogP contribution in [0.4, 0.5) is 0 Å². The zero-order chi connectivity index (χ0) is 13.4. The van der Waals surface area contributed by atoms with Gasteiger partial charge in [-0.05, 0) is 25.5 Å². The molecule has 0 N–H and O–H groups in total. The van der Waals surface area contributed by atoms with E-state index in [1.807, 2.05) is 43.3 Å². The molecule has 0 atom stereocenters. The van der Waals surface area contributed by atoms with Gasteiger partial charge in [-0.2, -0.15) is 0 Å². The van der Waals surface area contributed by atoms with Crippen LogP contribution in [0, 0.1) is 13.8 Å². The lowest BCUT2D eigenvalue weighted by atomic mass is 10.2. The van der Waals surface area contributed by atoms with Crippen molar-refractivity contribution >= 4 is 0 Å². The third-order valence-electron chi connectivity index (χ3n) is 2.56. The molecule has 0 aromatic heterocycles. The second-order valence-corrected chi connectivity index (χ2v) is 3.99. The highest BCUT2D eigenvalue weighted by atomic mass is 16.5. The van der Waals surface area contributed by atoms with Gasteiger partial charge in [-0.25, -0.2) is 0 Å². The van der Waals surface area contributed by atoms with Crippen molar-refractivity contribution in [3.8, 4) is 11.5 Å². The molecular weight excluding hydrogens is 224 g/mol. The lowest BCUT2D eigenvalue weighted by Gasteiger charge is -2.05. The first-order valence-corrected chi connectivity index (χ1v) is 5.87. The van der Waals surface area contributed by atoms with E-state index in [9.17, 15) is 0 Å². The van der Waals surface area contributed by atoms with Crippen molar-refractivity contribution in [1.82, 2.24) is 0 Å². The molecule has 0 aliphatic heterocycles. The van der Waals surface area contributed by atoms with Crippen LogP contribution in [0.3, 0.4) is 0 Å². The van der Waals surface area contributed by atoms with Crippen molar-refractivity contribution in [1.29, 1.82) is 0 Å². The van der Waals surface area contributed by atoms with Crippen molar-refractivity contribution in [2.24, 2.45) is 0 Å². The normalized spacial score (nSPS) is 9.11. The molecule has 2 nitrogen and oxygen atoms in total. The molecule has 0 aliphatic carbocycles. The smallest absolute Gasteiger partial charge is 0.125 e. The van der Waals surface area contributed by atoms with Crippen molar-refractivity contribution in [2.45, 2.75) is 13.8 Å². The van der Waals surface area contributed by atoms with Gasteiger partial charge < -0.3 is 9.47 Å². The molecule has 2 aromatic carbocycles. The van der Waals surface area contributed by atoms with Crippen LogP contribution in [-0.2, 0) is 0 Å². The Morgan fingerprint density at radius 1 is 0.778 bits per heavy atom. The maximum absolute atomic E-state index is 5.11. The molecule has 96 valence electrons. The highest BCUT2D eigenvalue weighted by Gasteiger charge is 1.98. The second-order valence-electron chi connectivity index (χ2n) is 3.99. The maximum Gasteiger partial charge on any atom is 0.125 e. The molecule has 18 heavy (non-hydrogen) atoms. The number of ether oxygens (including phenoxy) is 2. The Kier molecular flexibility index (Phi) is 5.78. The fourth-order valence-corrected chi connectivity index (χ4v) is 1.46. The zero-order valence-corrected chi connectivity index (χ0v) is 11.4. The van der Waals surface area contributed by atoms with Crippen LogP contribution < -0.4 is 9.47 Å². The number of methoxy groups -OCH3 is 2. The number of rotatable bonds is 2. The van der Waals surface area contributed by atoms with E-state index < -0.39 is 0 Å². The number of hydrogen-bond acceptors (Lipinski definition) is 2. The third-order valence-corrected chi connectivity index (χ3v) is 2.56. The minimum absolute atomic E-state index is 0.826. The summed E-state index contributed by atoms with van der Waals surface area (Å²) in [7, 11) is 3.30. The van der Waals surface area contributed by atoms with E-state index >= 15 is 0 Å². The quantitative estimate of drug-likeness (QED) is 0.794.